The summed E-state index contributed by atoms with van der Waals surface area (Å²) in [5, 5.41) is 3.64. The van der Waals surface area contributed by atoms with Crippen LogP contribution in [0.3, 0.4) is 0 Å². The summed E-state index contributed by atoms with van der Waals surface area (Å²) in [5.41, 5.74) is 0. The van der Waals surface area contributed by atoms with Gasteiger partial charge in [-0.3, -0.25) is 0 Å². The Morgan fingerprint density at radius 3 is 3.20 bits per heavy atom. The van der Waals surface area contributed by atoms with Gasteiger partial charge in [-0.15, -0.1) is 0 Å². The maximum Gasteiger partial charge on any atom is 0.0826 e. The SMILES string of the molecule is CN1CCO[C@H](CN[C@@H]2CCCSC2)C1. The molecule has 2 aliphatic rings. The topological polar surface area (TPSA) is 24.5 Å². The summed E-state index contributed by atoms with van der Waals surface area (Å²) < 4.78 is 5.73. The van der Waals surface area contributed by atoms with Crippen molar-refractivity contribution in [2.45, 2.75) is 25.0 Å². The fraction of sp³-hybridized carbons (Fsp3) is 1.00. The van der Waals surface area contributed by atoms with Crippen LogP contribution in [-0.4, -0.2) is 61.8 Å². The van der Waals surface area contributed by atoms with Gasteiger partial charge in [0, 0.05) is 31.4 Å². The van der Waals surface area contributed by atoms with E-state index in [1.807, 2.05) is 0 Å². The van der Waals surface area contributed by atoms with Crippen molar-refractivity contribution in [1.29, 1.82) is 0 Å². The van der Waals surface area contributed by atoms with Crippen molar-refractivity contribution in [1.82, 2.24) is 10.2 Å². The lowest BCUT2D eigenvalue weighted by Crippen LogP contribution is -2.47. The van der Waals surface area contributed by atoms with Crippen LogP contribution >= 0.6 is 11.8 Å². The van der Waals surface area contributed by atoms with Crippen LogP contribution in [0.1, 0.15) is 12.8 Å². The van der Waals surface area contributed by atoms with Crippen LogP contribution < -0.4 is 5.32 Å². The number of nitrogens with one attached hydrogen (secondary N) is 1. The zero-order valence-corrected chi connectivity index (χ0v) is 10.4. The first-order valence-electron chi connectivity index (χ1n) is 5.96. The number of hydrogen-bond acceptors (Lipinski definition) is 4. The Morgan fingerprint density at radius 2 is 2.47 bits per heavy atom. The van der Waals surface area contributed by atoms with Crippen LogP contribution in [0.25, 0.3) is 0 Å². The minimum atomic E-state index is 0.399. The smallest absolute Gasteiger partial charge is 0.0826 e. The Kier molecular flexibility index (Phi) is 4.75. The van der Waals surface area contributed by atoms with Gasteiger partial charge in [0.05, 0.1) is 12.7 Å². The summed E-state index contributed by atoms with van der Waals surface area (Å²) in [4.78, 5) is 2.35. The molecule has 0 aromatic heterocycles. The van der Waals surface area contributed by atoms with E-state index in [2.05, 4.69) is 29.0 Å². The average Bonchev–Trinajstić information content (AvgIpc) is 2.28. The summed E-state index contributed by atoms with van der Waals surface area (Å²) in [6, 6.07) is 0.722. The quantitative estimate of drug-likeness (QED) is 0.775. The molecule has 88 valence electrons. The van der Waals surface area contributed by atoms with Gasteiger partial charge in [0.2, 0.25) is 0 Å². The van der Waals surface area contributed by atoms with Gasteiger partial charge in [-0.05, 0) is 25.6 Å². The molecule has 0 aromatic rings. The molecular weight excluding hydrogens is 208 g/mol. The molecule has 15 heavy (non-hydrogen) atoms. The zero-order valence-electron chi connectivity index (χ0n) is 9.58. The largest absolute Gasteiger partial charge is 0.374 e. The predicted molar refractivity (Wildman–Crippen MR) is 65.6 cm³/mol. The van der Waals surface area contributed by atoms with Gasteiger partial charge in [-0.25, -0.2) is 0 Å². The molecule has 0 unspecified atom stereocenters. The lowest BCUT2D eigenvalue weighted by Gasteiger charge is -2.32. The number of rotatable bonds is 3. The summed E-state index contributed by atoms with van der Waals surface area (Å²) >= 11 is 2.08. The van der Waals surface area contributed by atoms with Crippen molar-refractivity contribution in [3.05, 3.63) is 0 Å². The van der Waals surface area contributed by atoms with Crippen LogP contribution in [-0.2, 0) is 4.74 Å². The van der Waals surface area contributed by atoms with Gasteiger partial charge in [-0.2, -0.15) is 11.8 Å². The normalized spacial score (nSPS) is 34.2. The molecule has 0 saturated carbocycles. The van der Waals surface area contributed by atoms with Crippen molar-refractivity contribution in [3.8, 4) is 0 Å². The maximum absolute atomic E-state index is 5.73. The summed E-state index contributed by atoms with van der Waals surface area (Å²) in [6.45, 7) is 4.07. The summed E-state index contributed by atoms with van der Waals surface area (Å²) in [5.74, 6) is 2.63. The zero-order chi connectivity index (χ0) is 10.5. The van der Waals surface area contributed by atoms with E-state index in [0.717, 1.165) is 32.3 Å². The second kappa shape index (κ2) is 6.09. The molecule has 0 bridgehead atoms. The van der Waals surface area contributed by atoms with E-state index in [1.165, 1.54) is 24.3 Å². The van der Waals surface area contributed by atoms with Crippen LogP contribution in [0.4, 0.5) is 0 Å². The fourth-order valence-corrected chi connectivity index (χ4v) is 3.30. The van der Waals surface area contributed by atoms with Crippen molar-refractivity contribution in [3.63, 3.8) is 0 Å². The Hall–Kier alpha value is 0.230. The van der Waals surface area contributed by atoms with Gasteiger partial charge < -0.3 is 15.0 Å². The highest BCUT2D eigenvalue weighted by atomic mass is 32.2. The second-order valence-electron chi connectivity index (χ2n) is 4.58. The monoisotopic (exact) mass is 230 g/mol. The Labute approximate surface area is 96.9 Å². The van der Waals surface area contributed by atoms with E-state index in [0.29, 0.717) is 6.10 Å². The number of hydrogen-bond donors (Lipinski definition) is 1. The molecule has 2 saturated heterocycles. The van der Waals surface area contributed by atoms with Crippen molar-refractivity contribution in [2.75, 3.05) is 44.8 Å². The van der Waals surface area contributed by atoms with Crippen molar-refractivity contribution < 1.29 is 4.74 Å². The maximum atomic E-state index is 5.73. The number of likely N-dealkylation sites (N-methyl/N-ethyl adjacent to an activating group) is 1. The highest BCUT2D eigenvalue weighted by molar-refractivity contribution is 7.99. The molecule has 0 amide bonds. The molecule has 2 heterocycles. The molecule has 0 spiro atoms. The molecule has 2 atom stereocenters. The molecule has 2 aliphatic heterocycles. The van der Waals surface area contributed by atoms with Crippen molar-refractivity contribution in [2.24, 2.45) is 0 Å². The van der Waals surface area contributed by atoms with E-state index < -0.39 is 0 Å². The molecule has 1 N–H and O–H groups in total. The molecule has 2 rings (SSSR count). The van der Waals surface area contributed by atoms with Gasteiger partial charge in [0.1, 0.15) is 0 Å². The van der Waals surface area contributed by atoms with Crippen LogP contribution in [0.15, 0.2) is 0 Å². The molecule has 2 fully saturated rings. The minimum absolute atomic E-state index is 0.399. The lowest BCUT2D eigenvalue weighted by atomic mass is 10.1. The first-order valence-corrected chi connectivity index (χ1v) is 7.11. The summed E-state index contributed by atoms with van der Waals surface area (Å²) in [6.07, 6.45) is 3.11. The number of nitrogens with zero attached hydrogens (tertiary/aromatic N) is 1. The third-order valence-electron chi connectivity index (χ3n) is 3.14. The molecule has 0 aromatic carbocycles. The van der Waals surface area contributed by atoms with E-state index in [1.54, 1.807) is 0 Å². The van der Waals surface area contributed by atoms with Gasteiger partial charge in [-0.1, -0.05) is 0 Å². The van der Waals surface area contributed by atoms with E-state index >= 15 is 0 Å². The molecule has 0 aliphatic carbocycles. The third kappa shape index (κ3) is 3.94. The first kappa shape index (κ1) is 11.7. The Balaban J connectivity index is 1.63. The molecule has 4 heteroatoms. The molecular formula is C11H22N2OS. The summed E-state index contributed by atoms with van der Waals surface area (Å²) in [7, 11) is 2.17. The van der Waals surface area contributed by atoms with Crippen molar-refractivity contribution >= 4 is 11.8 Å². The third-order valence-corrected chi connectivity index (χ3v) is 4.35. The Morgan fingerprint density at radius 1 is 1.53 bits per heavy atom. The lowest BCUT2D eigenvalue weighted by molar-refractivity contribution is -0.0191. The first-order chi connectivity index (χ1) is 7.34. The minimum Gasteiger partial charge on any atom is -0.374 e. The highest BCUT2D eigenvalue weighted by Crippen LogP contribution is 2.17. The van der Waals surface area contributed by atoms with E-state index in [-0.39, 0.29) is 0 Å². The van der Waals surface area contributed by atoms with E-state index in [4.69, 9.17) is 4.74 Å². The average molecular weight is 230 g/mol. The van der Waals surface area contributed by atoms with Crippen LogP contribution in [0.2, 0.25) is 0 Å². The highest BCUT2D eigenvalue weighted by Gasteiger charge is 2.19. The number of thioether (sulfide) groups is 1. The number of ether oxygens (including phenoxy) is 1. The molecule has 0 radical (unpaired) electrons. The van der Waals surface area contributed by atoms with Crippen LogP contribution in [0.5, 0.6) is 0 Å². The second-order valence-corrected chi connectivity index (χ2v) is 5.73. The standard InChI is InChI=1S/C11H22N2OS/c1-13-4-5-14-11(8-13)7-12-10-3-2-6-15-9-10/h10-12H,2-9H2,1H3/t10-,11-/m1/s1. The fourth-order valence-electron chi connectivity index (χ4n) is 2.19. The predicted octanol–water partition coefficient (Wildman–Crippen LogP) is 0.802. The molecule has 3 nitrogen and oxygen atoms in total. The number of morpholine rings is 1. The van der Waals surface area contributed by atoms with Gasteiger partial charge >= 0.3 is 0 Å². The van der Waals surface area contributed by atoms with E-state index in [9.17, 15) is 0 Å². The van der Waals surface area contributed by atoms with Crippen LogP contribution in [0, 0.1) is 0 Å². The Bertz CT molecular complexity index is 185. The van der Waals surface area contributed by atoms with Gasteiger partial charge in [0.15, 0.2) is 0 Å². The van der Waals surface area contributed by atoms with Gasteiger partial charge in [0.25, 0.3) is 0 Å².